The lowest BCUT2D eigenvalue weighted by Gasteiger charge is -2.50. The standard InChI is InChI=1S/C24H31NO3/c1-23(2,3)28-22(26)16-24(27)15-14-21(24)25(17-19-10-6-4-7-11-19)18-20-12-8-5-9-13-20/h4-13,21,27H,14-18H2,1-3H3/t21-,24-/m0/s1. The molecule has 1 aliphatic carbocycles. The van der Waals surface area contributed by atoms with Crippen LogP contribution in [0.2, 0.25) is 0 Å². The van der Waals surface area contributed by atoms with Crippen LogP contribution in [0.3, 0.4) is 0 Å². The molecule has 0 aromatic heterocycles. The smallest absolute Gasteiger partial charge is 0.309 e. The number of aliphatic hydroxyl groups is 1. The van der Waals surface area contributed by atoms with Crippen LogP contribution in [0.25, 0.3) is 0 Å². The topological polar surface area (TPSA) is 49.8 Å². The van der Waals surface area contributed by atoms with Crippen LogP contribution >= 0.6 is 0 Å². The van der Waals surface area contributed by atoms with Gasteiger partial charge in [-0.25, -0.2) is 0 Å². The van der Waals surface area contributed by atoms with Gasteiger partial charge >= 0.3 is 5.97 Å². The zero-order valence-electron chi connectivity index (χ0n) is 17.1. The van der Waals surface area contributed by atoms with E-state index in [4.69, 9.17) is 4.74 Å². The summed E-state index contributed by atoms with van der Waals surface area (Å²) in [5.74, 6) is -0.334. The van der Waals surface area contributed by atoms with Gasteiger partial charge in [0.15, 0.2) is 0 Å². The summed E-state index contributed by atoms with van der Waals surface area (Å²) < 4.78 is 5.46. The molecule has 3 rings (SSSR count). The van der Waals surface area contributed by atoms with Gasteiger partial charge in [-0.15, -0.1) is 0 Å². The first-order chi connectivity index (χ1) is 13.3. The Morgan fingerprint density at radius 3 is 1.93 bits per heavy atom. The number of hydrogen-bond donors (Lipinski definition) is 1. The van der Waals surface area contributed by atoms with E-state index in [9.17, 15) is 9.90 Å². The van der Waals surface area contributed by atoms with Crippen molar-refractivity contribution < 1.29 is 14.6 Å². The Morgan fingerprint density at radius 1 is 1.04 bits per heavy atom. The predicted molar refractivity (Wildman–Crippen MR) is 111 cm³/mol. The maximum Gasteiger partial charge on any atom is 0.309 e. The monoisotopic (exact) mass is 381 g/mol. The predicted octanol–water partition coefficient (Wildman–Crippen LogP) is 4.31. The zero-order valence-corrected chi connectivity index (χ0v) is 17.1. The van der Waals surface area contributed by atoms with Crippen molar-refractivity contribution in [2.24, 2.45) is 0 Å². The fraction of sp³-hybridized carbons (Fsp3) is 0.458. The third kappa shape index (κ3) is 5.43. The molecule has 0 bridgehead atoms. The highest BCUT2D eigenvalue weighted by atomic mass is 16.6. The molecule has 1 fully saturated rings. The number of rotatable bonds is 7. The summed E-state index contributed by atoms with van der Waals surface area (Å²) in [6.45, 7) is 7.02. The summed E-state index contributed by atoms with van der Waals surface area (Å²) in [7, 11) is 0. The first-order valence-corrected chi connectivity index (χ1v) is 10.0. The summed E-state index contributed by atoms with van der Waals surface area (Å²) >= 11 is 0. The molecule has 2 aromatic carbocycles. The van der Waals surface area contributed by atoms with Crippen molar-refractivity contribution in [3.63, 3.8) is 0 Å². The van der Waals surface area contributed by atoms with E-state index in [-0.39, 0.29) is 18.4 Å². The molecule has 0 unspecified atom stereocenters. The molecule has 4 heteroatoms. The Kier molecular flexibility index (Phi) is 6.21. The number of ether oxygens (including phenoxy) is 1. The van der Waals surface area contributed by atoms with E-state index >= 15 is 0 Å². The molecule has 150 valence electrons. The second-order valence-corrected chi connectivity index (χ2v) is 8.80. The molecule has 1 saturated carbocycles. The fourth-order valence-corrected chi connectivity index (χ4v) is 3.87. The quantitative estimate of drug-likeness (QED) is 0.726. The minimum absolute atomic E-state index is 0.0367. The van der Waals surface area contributed by atoms with Crippen molar-refractivity contribution in [2.75, 3.05) is 0 Å². The normalized spacial score (nSPS) is 22.0. The van der Waals surface area contributed by atoms with Crippen LogP contribution in [-0.4, -0.2) is 33.2 Å². The molecule has 2 aromatic rings. The van der Waals surface area contributed by atoms with E-state index < -0.39 is 11.2 Å². The molecule has 0 heterocycles. The molecular weight excluding hydrogens is 350 g/mol. The molecule has 0 saturated heterocycles. The van der Waals surface area contributed by atoms with Gasteiger partial charge in [-0.1, -0.05) is 60.7 Å². The molecule has 4 nitrogen and oxygen atoms in total. The molecule has 0 amide bonds. The Hall–Kier alpha value is -2.17. The Bertz CT molecular complexity index is 728. The highest BCUT2D eigenvalue weighted by molar-refractivity contribution is 5.71. The summed E-state index contributed by atoms with van der Waals surface area (Å²) in [5, 5.41) is 11.2. The Balaban J connectivity index is 1.75. The molecule has 0 radical (unpaired) electrons. The summed E-state index contributed by atoms with van der Waals surface area (Å²) in [4.78, 5) is 14.6. The van der Waals surface area contributed by atoms with E-state index in [1.165, 1.54) is 11.1 Å². The summed E-state index contributed by atoms with van der Waals surface area (Å²) in [5.41, 5.74) is 0.821. The molecule has 0 spiro atoms. The number of benzene rings is 2. The number of esters is 1. The maximum atomic E-state index is 12.4. The van der Waals surface area contributed by atoms with Gasteiger partial charge in [-0.05, 0) is 44.7 Å². The Labute approximate surface area is 168 Å². The minimum Gasteiger partial charge on any atom is -0.460 e. The van der Waals surface area contributed by atoms with Gasteiger partial charge in [0.1, 0.15) is 5.60 Å². The van der Waals surface area contributed by atoms with Crippen molar-refractivity contribution in [3.05, 3.63) is 71.8 Å². The second-order valence-electron chi connectivity index (χ2n) is 8.80. The van der Waals surface area contributed by atoms with Gasteiger partial charge in [0.25, 0.3) is 0 Å². The first kappa shape index (κ1) is 20.6. The molecule has 1 N–H and O–H groups in total. The fourth-order valence-electron chi connectivity index (χ4n) is 3.87. The van der Waals surface area contributed by atoms with Crippen LogP contribution in [0.1, 0.15) is 51.2 Å². The molecule has 2 atom stereocenters. The minimum atomic E-state index is -1.04. The number of carbonyl (C=O) groups excluding carboxylic acids is 1. The van der Waals surface area contributed by atoms with Crippen LogP contribution in [0.15, 0.2) is 60.7 Å². The molecule has 0 aliphatic heterocycles. The number of nitrogens with zero attached hydrogens (tertiary/aromatic N) is 1. The van der Waals surface area contributed by atoms with Crippen molar-refractivity contribution in [1.82, 2.24) is 4.90 Å². The van der Waals surface area contributed by atoms with E-state index in [0.717, 1.165) is 19.5 Å². The lowest BCUT2D eigenvalue weighted by molar-refractivity contribution is -0.174. The largest absolute Gasteiger partial charge is 0.460 e. The molecular formula is C24H31NO3. The highest BCUT2D eigenvalue weighted by Crippen LogP contribution is 2.41. The maximum absolute atomic E-state index is 12.4. The van der Waals surface area contributed by atoms with E-state index in [1.54, 1.807) is 0 Å². The summed E-state index contributed by atoms with van der Waals surface area (Å²) in [6, 6.07) is 20.5. The van der Waals surface area contributed by atoms with Gasteiger partial charge in [-0.3, -0.25) is 9.69 Å². The Morgan fingerprint density at radius 2 is 1.54 bits per heavy atom. The van der Waals surface area contributed by atoms with Crippen molar-refractivity contribution >= 4 is 5.97 Å². The third-order valence-corrected chi connectivity index (χ3v) is 5.24. The van der Waals surface area contributed by atoms with Gasteiger partial charge in [0.05, 0.1) is 12.0 Å². The van der Waals surface area contributed by atoms with E-state index in [2.05, 4.69) is 29.2 Å². The lowest BCUT2D eigenvalue weighted by atomic mass is 9.71. The lowest BCUT2D eigenvalue weighted by Crippen LogP contribution is -2.60. The highest BCUT2D eigenvalue weighted by Gasteiger charge is 2.50. The van der Waals surface area contributed by atoms with Gasteiger partial charge < -0.3 is 9.84 Å². The summed E-state index contributed by atoms with van der Waals surface area (Å²) in [6.07, 6.45) is 1.53. The van der Waals surface area contributed by atoms with Crippen LogP contribution in [0, 0.1) is 0 Å². The van der Waals surface area contributed by atoms with Gasteiger partial charge in [0.2, 0.25) is 0 Å². The second kappa shape index (κ2) is 8.46. The average Bonchev–Trinajstić information content (AvgIpc) is 2.61. The van der Waals surface area contributed by atoms with Crippen molar-refractivity contribution in [2.45, 2.75) is 70.4 Å². The SMILES string of the molecule is CC(C)(C)OC(=O)C[C@@]1(O)CC[C@@H]1N(Cc1ccccc1)Cc1ccccc1. The zero-order chi connectivity index (χ0) is 20.2. The third-order valence-electron chi connectivity index (χ3n) is 5.24. The number of carbonyl (C=O) groups is 1. The van der Waals surface area contributed by atoms with Gasteiger partial charge in [0, 0.05) is 19.1 Å². The van der Waals surface area contributed by atoms with E-state index in [0.29, 0.717) is 6.42 Å². The van der Waals surface area contributed by atoms with Gasteiger partial charge in [-0.2, -0.15) is 0 Å². The van der Waals surface area contributed by atoms with Crippen LogP contribution < -0.4 is 0 Å². The van der Waals surface area contributed by atoms with Crippen LogP contribution in [0.4, 0.5) is 0 Å². The van der Waals surface area contributed by atoms with Crippen molar-refractivity contribution in [3.8, 4) is 0 Å². The van der Waals surface area contributed by atoms with Crippen molar-refractivity contribution in [1.29, 1.82) is 0 Å². The van der Waals surface area contributed by atoms with Crippen LogP contribution in [0.5, 0.6) is 0 Å². The van der Waals surface area contributed by atoms with Crippen LogP contribution in [-0.2, 0) is 22.6 Å². The van der Waals surface area contributed by atoms with E-state index in [1.807, 2.05) is 57.2 Å². The molecule has 1 aliphatic rings. The first-order valence-electron chi connectivity index (χ1n) is 10.0. The average molecular weight is 382 g/mol. The number of hydrogen-bond acceptors (Lipinski definition) is 4. The molecule has 28 heavy (non-hydrogen) atoms.